The van der Waals surface area contributed by atoms with Gasteiger partial charge in [-0.05, 0) is 18.4 Å². The predicted octanol–water partition coefficient (Wildman–Crippen LogP) is 2.71. The molecule has 5 heteroatoms. The number of guanidine groups is 1. The third-order valence-corrected chi connectivity index (χ3v) is 3.75. The molecule has 1 aliphatic heterocycles. The Morgan fingerprint density at radius 3 is 2.86 bits per heavy atom. The van der Waals surface area contributed by atoms with Crippen molar-refractivity contribution in [1.29, 1.82) is 0 Å². The Balaban J connectivity index is 1.84. The first-order valence-corrected chi connectivity index (χ1v) is 7.41. The lowest BCUT2D eigenvalue weighted by atomic mass is 10.1. The van der Waals surface area contributed by atoms with Crippen molar-refractivity contribution in [2.24, 2.45) is 4.99 Å². The Labute approximate surface area is 128 Å². The largest absolute Gasteiger partial charge is 0.354 e. The fourth-order valence-electron chi connectivity index (χ4n) is 2.77. The molecule has 2 N–H and O–H groups in total. The number of fused-ring (bicyclic) bond motifs is 1. The van der Waals surface area contributed by atoms with Crippen LogP contribution in [0.5, 0.6) is 0 Å². The molecule has 0 bridgehead atoms. The van der Waals surface area contributed by atoms with E-state index < -0.39 is 0 Å². The maximum Gasteiger partial charge on any atom is 0.197 e. The summed E-state index contributed by atoms with van der Waals surface area (Å²) in [5, 5.41) is 13.6. The van der Waals surface area contributed by atoms with Gasteiger partial charge in [0, 0.05) is 18.0 Å². The van der Waals surface area contributed by atoms with Gasteiger partial charge in [0.2, 0.25) is 0 Å². The molecule has 0 spiro atoms. The van der Waals surface area contributed by atoms with Crippen molar-refractivity contribution in [1.82, 2.24) is 15.1 Å². The van der Waals surface area contributed by atoms with Crippen molar-refractivity contribution < 1.29 is 0 Å². The summed E-state index contributed by atoms with van der Waals surface area (Å²) in [6.07, 6.45) is 0. The van der Waals surface area contributed by atoms with E-state index in [2.05, 4.69) is 63.2 Å². The van der Waals surface area contributed by atoms with E-state index in [1.807, 2.05) is 17.7 Å². The summed E-state index contributed by atoms with van der Waals surface area (Å²) in [5.41, 5.74) is 2.03. The van der Waals surface area contributed by atoms with E-state index >= 15 is 0 Å². The molecule has 2 heterocycles. The first-order chi connectivity index (χ1) is 10.8. The van der Waals surface area contributed by atoms with Crippen LogP contribution >= 0.6 is 0 Å². The molecule has 1 aliphatic rings. The summed E-state index contributed by atoms with van der Waals surface area (Å²) < 4.78 is 1.94. The van der Waals surface area contributed by atoms with Gasteiger partial charge in [0.25, 0.3) is 0 Å². The number of hydrogen-bond acceptors (Lipinski definition) is 4. The monoisotopic (exact) mass is 291 g/mol. The highest BCUT2D eigenvalue weighted by atomic mass is 15.4. The Kier molecular flexibility index (Phi) is 3.04. The predicted molar refractivity (Wildman–Crippen MR) is 89.7 cm³/mol. The molecule has 4 rings (SSSR count). The van der Waals surface area contributed by atoms with Crippen LogP contribution in [0.2, 0.25) is 0 Å². The SMILES string of the molecule is Cc1cc(NC2=NCCN2)n(-c2cccc3ccccc23)n1. The van der Waals surface area contributed by atoms with Gasteiger partial charge < -0.3 is 10.6 Å². The molecular formula is C17H17N5. The average Bonchev–Trinajstić information content (AvgIpc) is 3.17. The summed E-state index contributed by atoms with van der Waals surface area (Å²) in [7, 11) is 0. The quantitative estimate of drug-likeness (QED) is 0.763. The van der Waals surface area contributed by atoms with Crippen LogP contribution in [0.3, 0.4) is 0 Å². The number of aromatic nitrogens is 2. The van der Waals surface area contributed by atoms with Gasteiger partial charge >= 0.3 is 0 Å². The van der Waals surface area contributed by atoms with Gasteiger partial charge in [-0.1, -0.05) is 36.4 Å². The summed E-state index contributed by atoms with van der Waals surface area (Å²) >= 11 is 0. The molecule has 0 saturated heterocycles. The van der Waals surface area contributed by atoms with Gasteiger partial charge in [-0.3, -0.25) is 4.99 Å². The van der Waals surface area contributed by atoms with E-state index in [0.29, 0.717) is 0 Å². The minimum absolute atomic E-state index is 0.807. The van der Waals surface area contributed by atoms with Crippen LogP contribution in [0.1, 0.15) is 5.69 Å². The third kappa shape index (κ3) is 2.20. The molecule has 0 atom stereocenters. The van der Waals surface area contributed by atoms with Crippen molar-refractivity contribution in [2.45, 2.75) is 6.92 Å². The Bertz CT molecular complexity index is 857. The molecule has 2 aromatic carbocycles. The molecule has 0 aliphatic carbocycles. The second-order valence-electron chi connectivity index (χ2n) is 5.36. The zero-order valence-electron chi connectivity index (χ0n) is 12.4. The smallest absolute Gasteiger partial charge is 0.197 e. The molecule has 0 radical (unpaired) electrons. The van der Waals surface area contributed by atoms with Crippen LogP contribution in [0.15, 0.2) is 53.5 Å². The van der Waals surface area contributed by atoms with Gasteiger partial charge in [-0.15, -0.1) is 0 Å². The number of hydrogen-bond donors (Lipinski definition) is 2. The average molecular weight is 291 g/mol. The molecular weight excluding hydrogens is 274 g/mol. The zero-order valence-corrected chi connectivity index (χ0v) is 12.4. The Morgan fingerprint density at radius 1 is 1.14 bits per heavy atom. The van der Waals surface area contributed by atoms with E-state index in [4.69, 9.17) is 0 Å². The second-order valence-corrected chi connectivity index (χ2v) is 5.36. The van der Waals surface area contributed by atoms with Crippen molar-refractivity contribution in [3.8, 4) is 5.69 Å². The third-order valence-electron chi connectivity index (χ3n) is 3.75. The molecule has 0 amide bonds. The van der Waals surface area contributed by atoms with Crippen LogP contribution in [0.4, 0.5) is 5.82 Å². The van der Waals surface area contributed by atoms with Gasteiger partial charge in [-0.2, -0.15) is 5.10 Å². The number of aryl methyl sites for hydroxylation is 1. The van der Waals surface area contributed by atoms with Crippen LogP contribution in [0.25, 0.3) is 16.5 Å². The number of nitrogens with zero attached hydrogens (tertiary/aromatic N) is 3. The maximum absolute atomic E-state index is 4.64. The fraction of sp³-hybridized carbons (Fsp3) is 0.176. The van der Waals surface area contributed by atoms with Crippen molar-refractivity contribution >= 4 is 22.5 Å². The van der Waals surface area contributed by atoms with Crippen LogP contribution < -0.4 is 10.6 Å². The van der Waals surface area contributed by atoms with Crippen LogP contribution in [-0.2, 0) is 0 Å². The van der Waals surface area contributed by atoms with E-state index in [9.17, 15) is 0 Å². The lowest BCUT2D eigenvalue weighted by molar-refractivity contribution is 0.875. The minimum atomic E-state index is 0.807. The van der Waals surface area contributed by atoms with Gasteiger partial charge in [-0.25, -0.2) is 4.68 Å². The molecule has 1 aromatic heterocycles. The number of anilines is 1. The number of benzene rings is 2. The summed E-state index contributed by atoms with van der Waals surface area (Å²) in [5.74, 6) is 1.73. The molecule has 22 heavy (non-hydrogen) atoms. The van der Waals surface area contributed by atoms with E-state index in [1.54, 1.807) is 0 Å². The van der Waals surface area contributed by atoms with Gasteiger partial charge in [0.15, 0.2) is 5.96 Å². The molecule has 0 saturated carbocycles. The molecule has 0 unspecified atom stereocenters. The fourth-order valence-corrected chi connectivity index (χ4v) is 2.77. The highest BCUT2D eigenvalue weighted by Crippen LogP contribution is 2.25. The van der Waals surface area contributed by atoms with Crippen molar-refractivity contribution in [3.63, 3.8) is 0 Å². The summed E-state index contributed by atoms with van der Waals surface area (Å²) in [4.78, 5) is 4.39. The molecule has 3 aromatic rings. The number of nitrogens with one attached hydrogen (secondary N) is 2. The molecule has 0 fully saturated rings. The lowest BCUT2D eigenvalue weighted by Crippen LogP contribution is -2.27. The summed E-state index contributed by atoms with van der Waals surface area (Å²) in [6.45, 7) is 3.68. The van der Waals surface area contributed by atoms with Gasteiger partial charge in [0.1, 0.15) is 5.82 Å². The van der Waals surface area contributed by atoms with Crippen LogP contribution in [0, 0.1) is 6.92 Å². The first-order valence-electron chi connectivity index (χ1n) is 7.41. The molecule has 110 valence electrons. The van der Waals surface area contributed by atoms with Crippen molar-refractivity contribution in [2.75, 3.05) is 18.4 Å². The van der Waals surface area contributed by atoms with E-state index in [-0.39, 0.29) is 0 Å². The Hall–Kier alpha value is -2.82. The minimum Gasteiger partial charge on any atom is -0.354 e. The zero-order chi connectivity index (χ0) is 14.9. The van der Waals surface area contributed by atoms with E-state index in [0.717, 1.165) is 36.2 Å². The highest BCUT2D eigenvalue weighted by Gasteiger charge is 2.13. The first kappa shape index (κ1) is 12.9. The standard InChI is InChI=1S/C17H17N5/c1-12-11-16(20-17-18-9-10-19-17)22(21-12)15-8-4-6-13-5-2-3-7-14(13)15/h2-8,11H,9-10H2,1H3,(H2,18,19,20). The van der Waals surface area contributed by atoms with E-state index in [1.165, 1.54) is 10.8 Å². The second kappa shape index (κ2) is 5.18. The summed E-state index contributed by atoms with van der Waals surface area (Å²) in [6, 6.07) is 16.6. The number of rotatable bonds is 2. The normalized spacial score (nSPS) is 14.0. The van der Waals surface area contributed by atoms with Crippen molar-refractivity contribution in [3.05, 3.63) is 54.2 Å². The topological polar surface area (TPSA) is 54.2 Å². The highest BCUT2D eigenvalue weighted by molar-refractivity contribution is 5.95. The number of aliphatic imine (C=N–C) groups is 1. The Morgan fingerprint density at radius 2 is 2.00 bits per heavy atom. The maximum atomic E-state index is 4.64. The van der Waals surface area contributed by atoms with Crippen LogP contribution in [-0.4, -0.2) is 28.8 Å². The lowest BCUT2D eigenvalue weighted by Gasteiger charge is -2.12. The molecule has 5 nitrogen and oxygen atoms in total. The van der Waals surface area contributed by atoms with Gasteiger partial charge in [0.05, 0.1) is 17.9 Å².